The van der Waals surface area contributed by atoms with Gasteiger partial charge in [0.15, 0.2) is 18.4 Å². The number of anilines is 1. The first-order chi connectivity index (χ1) is 14.7. The second-order valence-corrected chi connectivity index (χ2v) is 7.29. The molecule has 2 aromatic heterocycles. The van der Waals surface area contributed by atoms with Crippen molar-refractivity contribution >= 4 is 45.4 Å². The Labute approximate surface area is 188 Å². The van der Waals surface area contributed by atoms with E-state index >= 15 is 0 Å². The van der Waals surface area contributed by atoms with Gasteiger partial charge in [-0.1, -0.05) is 12.1 Å². The lowest BCUT2D eigenvalue weighted by atomic mass is 10.1. The molecule has 8 nitrogen and oxygen atoms in total. The average Bonchev–Trinajstić information content (AvgIpc) is 2.81. The van der Waals surface area contributed by atoms with Crippen molar-refractivity contribution in [2.45, 2.75) is 6.92 Å². The van der Waals surface area contributed by atoms with Crippen LogP contribution < -0.4 is 9.64 Å². The van der Waals surface area contributed by atoms with E-state index in [1.54, 1.807) is 7.11 Å². The quantitative estimate of drug-likeness (QED) is 0.279. The summed E-state index contributed by atoms with van der Waals surface area (Å²) in [7, 11) is 1.59. The summed E-state index contributed by atoms with van der Waals surface area (Å²) in [4.78, 5) is 16.6. The first-order valence-corrected chi connectivity index (χ1v) is 10.5. The zero-order valence-corrected chi connectivity index (χ0v) is 19.0. The Morgan fingerprint density at radius 1 is 1.23 bits per heavy atom. The lowest BCUT2D eigenvalue weighted by molar-refractivity contribution is 0.0511. The third-order valence-corrected chi connectivity index (χ3v) is 5.53. The molecule has 1 aliphatic rings. The van der Waals surface area contributed by atoms with Crippen LogP contribution in [0.2, 0.25) is 0 Å². The number of morpholine rings is 1. The third kappa shape index (κ3) is 4.52. The Morgan fingerprint density at radius 2 is 2.07 bits per heavy atom. The summed E-state index contributed by atoms with van der Waals surface area (Å²) < 4.78 is 20.3. The van der Waals surface area contributed by atoms with E-state index in [-0.39, 0.29) is 6.79 Å². The summed E-state index contributed by atoms with van der Waals surface area (Å²) in [6, 6.07) is 9.70. The predicted molar refractivity (Wildman–Crippen MR) is 125 cm³/mol. The Bertz CT molecular complexity index is 1070. The minimum atomic E-state index is 0.184. The summed E-state index contributed by atoms with van der Waals surface area (Å²) in [6.07, 6.45) is 1.83. The molecule has 4 rings (SSSR count). The molecule has 3 aromatic rings. The number of ether oxygens (including phenoxy) is 3. The Morgan fingerprint density at radius 3 is 2.83 bits per heavy atom. The maximum atomic E-state index is 5.58. The van der Waals surface area contributed by atoms with Crippen molar-refractivity contribution in [2.75, 3.05) is 45.1 Å². The Hall–Kier alpha value is -2.37. The van der Waals surface area contributed by atoms with Gasteiger partial charge in [0.2, 0.25) is 0 Å². The van der Waals surface area contributed by atoms with E-state index in [1.165, 1.54) is 0 Å². The van der Waals surface area contributed by atoms with Crippen LogP contribution in [0.4, 0.5) is 5.82 Å². The Kier molecular flexibility index (Phi) is 6.70. The molecule has 0 spiro atoms. The van der Waals surface area contributed by atoms with Gasteiger partial charge in [-0.25, -0.2) is 18.2 Å². The van der Waals surface area contributed by atoms with Crippen molar-refractivity contribution < 1.29 is 14.2 Å². The van der Waals surface area contributed by atoms with Gasteiger partial charge in [-0.3, -0.25) is 0 Å². The van der Waals surface area contributed by atoms with Gasteiger partial charge in [-0.2, -0.15) is 0 Å². The first-order valence-electron chi connectivity index (χ1n) is 9.58. The van der Waals surface area contributed by atoms with Crippen LogP contribution in [-0.4, -0.2) is 60.9 Å². The van der Waals surface area contributed by atoms with E-state index < -0.39 is 0 Å². The summed E-state index contributed by atoms with van der Waals surface area (Å²) in [6.45, 7) is 5.00. The van der Waals surface area contributed by atoms with Gasteiger partial charge in [-0.05, 0) is 25.1 Å². The number of aromatic nitrogens is 3. The zero-order chi connectivity index (χ0) is 20.9. The summed E-state index contributed by atoms with van der Waals surface area (Å²) in [5.74, 6) is 2.14. The molecule has 0 radical (unpaired) electrons. The zero-order valence-electron chi connectivity index (χ0n) is 16.8. The fourth-order valence-corrected chi connectivity index (χ4v) is 3.50. The maximum absolute atomic E-state index is 5.58. The van der Waals surface area contributed by atoms with Crippen LogP contribution in [0.3, 0.4) is 0 Å². The molecule has 1 fully saturated rings. The molecule has 9 heteroatoms. The minimum Gasteiger partial charge on any atom is -0.468 e. The average molecular weight is 519 g/mol. The molecule has 0 atom stereocenters. The molecule has 0 unspecified atom stereocenters. The summed E-state index contributed by atoms with van der Waals surface area (Å²) >= 11 is 1.99. The largest absolute Gasteiger partial charge is 0.468 e. The molecule has 0 bridgehead atoms. The van der Waals surface area contributed by atoms with E-state index in [4.69, 9.17) is 24.2 Å². The van der Waals surface area contributed by atoms with Crippen LogP contribution in [0.1, 0.15) is 12.5 Å². The summed E-state index contributed by atoms with van der Waals surface area (Å²) in [5, 5.41) is 0. The molecule has 0 N–H and O–H groups in total. The number of methoxy groups -OCH3 is 1. The number of hydrogen-bond acceptors (Lipinski definition) is 8. The van der Waals surface area contributed by atoms with Gasteiger partial charge >= 0.3 is 0 Å². The highest BCUT2D eigenvalue weighted by Gasteiger charge is 2.19. The van der Waals surface area contributed by atoms with Crippen LogP contribution >= 0.6 is 22.9 Å². The van der Waals surface area contributed by atoms with E-state index in [0.29, 0.717) is 24.8 Å². The van der Waals surface area contributed by atoms with Crippen molar-refractivity contribution in [3.63, 3.8) is 0 Å². The van der Waals surface area contributed by atoms with Crippen LogP contribution in [0.15, 0.2) is 39.7 Å². The number of benzene rings is 1. The van der Waals surface area contributed by atoms with Crippen molar-refractivity contribution in [1.82, 2.24) is 15.0 Å². The number of nitrogens with zero attached hydrogens (tertiary/aromatic N) is 5. The van der Waals surface area contributed by atoms with Crippen LogP contribution in [-0.2, 0) is 9.47 Å². The van der Waals surface area contributed by atoms with Gasteiger partial charge < -0.3 is 19.1 Å². The molecule has 1 aromatic carbocycles. The van der Waals surface area contributed by atoms with E-state index in [1.807, 2.05) is 66.3 Å². The van der Waals surface area contributed by atoms with Gasteiger partial charge in [0, 0.05) is 37.5 Å². The number of pyridine rings is 1. The lowest BCUT2D eigenvalue weighted by Crippen LogP contribution is -2.37. The monoisotopic (exact) mass is 519 g/mol. The van der Waals surface area contributed by atoms with E-state index in [9.17, 15) is 0 Å². The van der Waals surface area contributed by atoms with Gasteiger partial charge in [0.1, 0.15) is 11.3 Å². The normalized spacial score (nSPS) is 14.9. The highest BCUT2D eigenvalue weighted by molar-refractivity contribution is 14.1. The van der Waals surface area contributed by atoms with E-state index in [2.05, 4.69) is 13.1 Å². The third-order valence-electron chi connectivity index (χ3n) is 4.81. The minimum absolute atomic E-state index is 0.184. The molecular formula is C21H22IN5O3. The van der Waals surface area contributed by atoms with Gasteiger partial charge in [0.05, 0.1) is 47.3 Å². The molecule has 1 saturated heterocycles. The highest BCUT2D eigenvalue weighted by Crippen LogP contribution is 2.29. The summed E-state index contributed by atoms with van der Waals surface area (Å²) in [5.41, 5.74) is 4.25. The van der Waals surface area contributed by atoms with E-state index in [0.717, 1.165) is 46.8 Å². The smallest absolute Gasteiger partial charge is 0.188 e. The van der Waals surface area contributed by atoms with Gasteiger partial charge in [-0.15, -0.1) is 0 Å². The molecule has 3 heterocycles. The lowest BCUT2D eigenvalue weighted by Gasteiger charge is -2.28. The molecule has 1 aliphatic heterocycles. The number of fused-ring (bicyclic) bond motifs is 1. The van der Waals surface area contributed by atoms with Gasteiger partial charge in [0.25, 0.3) is 0 Å². The maximum Gasteiger partial charge on any atom is 0.188 e. The molecule has 30 heavy (non-hydrogen) atoms. The fourth-order valence-electron chi connectivity index (χ4n) is 3.23. The molecule has 0 saturated carbocycles. The fraction of sp³-hybridized carbons (Fsp3) is 0.333. The standard InChI is InChI=1S/C21H22IN5O3/c1-14(26-22)16-11-18-19(23-12-16)21(27-6-8-29-9-7-27)25-20(24-18)15-4-3-5-17(10-15)30-13-28-2/h3-5,10-12H,6-9,13H2,1-2H3. The topological polar surface area (TPSA) is 82.0 Å². The second-order valence-electron chi connectivity index (χ2n) is 6.81. The molecule has 0 amide bonds. The van der Waals surface area contributed by atoms with Crippen LogP contribution in [0, 0.1) is 0 Å². The second kappa shape index (κ2) is 9.63. The molecule has 0 aliphatic carbocycles. The van der Waals surface area contributed by atoms with Crippen LogP contribution in [0.25, 0.3) is 22.4 Å². The highest BCUT2D eigenvalue weighted by atomic mass is 127. The molecular weight excluding hydrogens is 497 g/mol. The van der Waals surface area contributed by atoms with Crippen molar-refractivity contribution in [1.29, 1.82) is 0 Å². The van der Waals surface area contributed by atoms with Crippen molar-refractivity contribution in [3.05, 3.63) is 42.1 Å². The SMILES string of the molecule is COCOc1cccc(-c2nc(N3CCOCC3)c3ncc(C(C)=NI)cc3n2)c1. The van der Waals surface area contributed by atoms with Crippen LogP contribution in [0.5, 0.6) is 5.75 Å². The number of rotatable bonds is 6. The Balaban J connectivity index is 1.84. The number of halogens is 1. The predicted octanol–water partition coefficient (Wildman–Crippen LogP) is 3.67. The first kappa shape index (κ1) is 20.9. The molecule has 156 valence electrons. The van der Waals surface area contributed by atoms with Crippen molar-refractivity contribution in [3.8, 4) is 17.1 Å². The van der Waals surface area contributed by atoms with Crippen molar-refractivity contribution in [2.24, 2.45) is 3.21 Å². The number of hydrogen-bond donors (Lipinski definition) is 0.